The molecule has 0 aromatic heterocycles. The van der Waals surface area contributed by atoms with Gasteiger partial charge in [0.1, 0.15) is 0 Å². The zero-order valence-corrected chi connectivity index (χ0v) is 8.89. The molecule has 1 amide bonds. The number of hydrogen-bond acceptors (Lipinski definition) is 3. The highest BCUT2D eigenvalue weighted by molar-refractivity contribution is 6.01. The summed E-state index contributed by atoms with van der Waals surface area (Å²) in [6.07, 6.45) is 0.209. The van der Waals surface area contributed by atoms with Gasteiger partial charge in [-0.3, -0.25) is 9.69 Å². The van der Waals surface area contributed by atoms with E-state index in [9.17, 15) is 4.79 Å². The summed E-state index contributed by atoms with van der Waals surface area (Å²) >= 11 is 0. The molecule has 1 aromatic rings. The van der Waals surface area contributed by atoms with Crippen molar-refractivity contribution in [1.82, 2.24) is 0 Å². The SMILES string of the molecule is O=C1Cc2ccccc2N1C1COCCO1. The van der Waals surface area contributed by atoms with Gasteiger partial charge in [0.15, 0.2) is 6.23 Å². The molecule has 1 fully saturated rings. The lowest BCUT2D eigenvalue weighted by atomic mass is 10.2. The van der Waals surface area contributed by atoms with E-state index < -0.39 is 0 Å². The Labute approximate surface area is 93.8 Å². The van der Waals surface area contributed by atoms with Crippen molar-refractivity contribution < 1.29 is 14.3 Å². The largest absolute Gasteiger partial charge is 0.374 e. The highest BCUT2D eigenvalue weighted by Gasteiger charge is 2.34. The summed E-state index contributed by atoms with van der Waals surface area (Å²) in [4.78, 5) is 13.6. The van der Waals surface area contributed by atoms with Crippen molar-refractivity contribution in [3.05, 3.63) is 29.8 Å². The van der Waals surface area contributed by atoms with Crippen molar-refractivity contribution in [2.24, 2.45) is 0 Å². The molecule has 3 rings (SSSR count). The fourth-order valence-corrected chi connectivity index (χ4v) is 2.22. The minimum absolute atomic E-state index is 0.0942. The van der Waals surface area contributed by atoms with Crippen LogP contribution in [0.2, 0.25) is 0 Å². The summed E-state index contributed by atoms with van der Waals surface area (Å²) in [7, 11) is 0. The molecule has 0 bridgehead atoms. The molecule has 1 unspecified atom stereocenters. The third kappa shape index (κ3) is 1.50. The Bertz CT molecular complexity index is 412. The van der Waals surface area contributed by atoms with Gasteiger partial charge in [0, 0.05) is 0 Å². The number of ether oxygens (including phenoxy) is 2. The van der Waals surface area contributed by atoms with E-state index in [1.807, 2.05) is 24.3 Å². The van der Waals surface area contributed by atoms with Gasteiger partial charge in [-0.05, 0) is 11.6 Å². The number of benzene rings is 1. The van der Waals surface area contributed by atoms with E-state index in [0.29, 0.717) is 26.2 Å². The normalized spacial score (nSPS) is 24.6. The molecular formula is C12H13NO3. The van der Waals surface area contributed by atoms with Crippen LogP contribution in [0.1, 0.15) is 5.56 Å². The van der Waals surface area contributed by atoms with Crippen LogP contribution in [0, 0.1) is 0 Å². The van der Waals surface area contributed by atoms with Crippen LogP contribution in [0.3, 0.4) is 0 Å². The second-order valence-electron chi connectivity index (χ2n) is 3.97. The lowest BCUT2D eigenvalue weighted by Gasteiger charge is -2.31. The molecule has 1 saturated heterocycles. The highest BCUT2D eigenvalue weighted by atomic mass is 16.6. The zero-order valence-electron chi connectivity index (χ0n) is 8.89. The molecule has 0 radical (unpaired) electrons. The topological polar surface area (TPSA) is 38.8 Å². The number of anilines is 1. The van der Waals surface area contributed by atoms with Crippen molar-refractivity contribution in [2.75, 3.05) is 24.7 Å². The third-order valence-corrected chi connectivity index (χ3v) is 2.95. The predicted molar refractivity (Wildman–Crippen MR) is 58.2 cm³/mol. The summed E-state index contributed by atoms with van der Waals surface area (Å²) in [5.74, 6) is 0.0942. The molecular weight excluding hydrogens is 206 g/mol. The van der Waals surface area contributed by atoms with E-state index in [0.717, 1.165) is 11.3 Å². The van der Waals surface area contributed by atoms with Gasteiger partial charge < -0.3 is 9.47 Å². The highest BCUT2D eigenvalue weighted by Crippen LogP contribution is 2.31. The van der Waals surface area contributed by atoms with Crippen molar-refractivity contribution >= 4 is 11.6 Å². The molecule has 2 heterocycles. The van der Waals surface area contributed by atoms with Crippen molar-refractivity contribution in [1.29, 1.82) is 0 Å². The lowest BCUT2D eigenvalue weighted by Crippen LogP contribution is -2.46. The molecule has 16 heavy (non-hydrogen) atoms. The van der Waals surface area contributed by atoms with E-state index in [1.54, 1.807) is 4.90 Å². The van der Waals surface area contributed by atoms with E-state index >= 15 is 0 Å². The molecule has 4 nitrogen and oxygen atoms in total. The summed E-state index contributed by atoms with van der Waals surface area (Å²) in [6, 6.07) is 7.83. The lowest BCUT2D eigenvalue weighted by molar-refractivity contribution is -0.127. The fourth-order valence-electron chi connectivity index (χ4n) is 2.22. The van der Waals surface area contributed by atoms with Gasteiger partial charge in [-0.15, -0.1) is 0 Å². The fraction of sp³-hybridized carbons (Fsp3) is 0.417. The Morgan fingerprint density at radius 1 is 1.25 bits per heavy atom. The minimum Gasteiger partial charge on any atom is -0.374 e. The molecule has 2 aliphatic heterocycles. The van der Waals surface area contributed by atoms with E-state index in [2.05, 4.69) is 0 Å². The minimum atomic E-state index is -0.259. The smallest absolute Gasteiger partial charge is 0.233 e. The van der Waals surface area contributed by atoms with Gasteiger partial charge in [-0.2, -0.15) is 0 Å². The molecule has 1 atom stereocenters. The van der Waals surface area contributed by atoms with Crippen LogP contribution < -0.4 is 4.90 Å². The molecule has 1 aromatic carbocycles. The average Bonchev–Trinajstić information content (AvgIpc) is 2.66. The second kappa shape index (κ2) is 3.88. The molecule has 2 aliphatic rings. The Morgan fingerprint density at radius 2 is 2.12 bits per heavy atom. The van der Waals surface area contributed by atoms with Crippen molar-refractivity contribution in [2.45, 2.75) is 12.6 Å². The van der Waals surface area contributed by atoms with Crippen LogP contribution in [0.5, 0.6) is 0 Å². The first kappa shape index (κ1) is 9.81. The number of carbonyl (C=O) groups is 1. The first-order valence-electron chi connectivity index (χ1n) is 5.45. The van der Waals surface area contributed by atoms with Gasteiger partial charge in [0.2, 0.25) is 5.91 Å². The van der Waals surface area contributed by atoms with Crippen molar-refractivity contribution in [3.63, 3.8) is 0 Å². The van der Waals surface area contributed by atoms with Crippen LogP contribution in [-0.2, 0) is 20.7 Å². The number of rotatable bonds is 1. The summed E-state index contributed by atoms with van der Waals surface area (Å²) < 4.78 is 10.9. The zero-order chi connectivity index (χ0) is 11.0. The molecule has 0 N–H and O–H groups in total. The van der Waals surface area contributed by atoms with Crippen LogP contribution in [0.25, 0.3) is 0 Å². The van der Waals surface area contributed by atoms with Crippen molar-refractivity contribution in [3.8, 4) is 0 Å². The molecule has 0 aliphatic carbocycles. The Kier molecular flexibility index (Phi) is 2.38. The molecule has 0 spiro atoms. The van der Waals surface area contributed by atoms with E-state index in [-0.39, 0.29) is 12.1 Å². The number of para-hydroxylation sites is 1. The predicted octanol–water partition coefficient (Wildman–Crippen LogP) is 0.949. The Hall–Kier alpha value is -1.39. The van der Waals surface area contributed by atoms with Gasteiger partial charge in [-0.1, -0.05) is 18.2 Å². The van der Waals surface area contributed by atoms with Crippen LogP contribution in [0.15, 0.2) is 24.3 Å². The maximum Gasteiger partial charge on any atom is 0.233 e. The van der Waals surface area contributed by atoms with Gasteiger partial charge in [0.05, 0.1) is 31.9 Å². The van der Waals surface area contributed by atoms with Gasteiger partial charge in [0.25, 0.3) is 0 Å². The number of fused-ring (bicyclic) bond motifs is 1. The Balaban J connectivity index is 1.92. The molecule has 84 valence electrons. The molecule has 4 heteroatoms. The maximum atomic E-state index is 11.9. The number of amides is 1. The van der Waals surface area contributed by atoms with Crippen LogP contribution in [-0.4, -0.2) is 32.0 Å². The molecule has 0 saturated carbocycles. The number of carbonyl (C=O) groups excluding carboxylic acids is 1. The van der Waals surface area contributed by atoms with Crippen LogP contribution in [0.4, 0.5) is 5.69 Å². The quantitative estimate of drug-likeness (QED) is 0.706. The standard InChI is InChI=1S/C12H13NO3/c14-11-7-9-3-1-2-4-10(9)13(11)12-8-15-5-6-16-12/h1-4,12H,5-8H2. The van der Waals surface area contributed by atoms with E-state index in [4.69, 9.17) is 9.47 Å². The first-order valence-corrected chi connectivity index (χ1v) is 5.45. The van der Waals surface area contributed by atoms with E-state index in [1.165, 1.54) is 0 Å². The average molecular weight is 219 g/mol. The Morgan fingerprint density at radius 3 is 2.94 bits per heavy atom. The maximum absolute atomic E-state index is 11.9. The van der Waals surface area contributed by atoms with Gasteiger partial charge >= 0.3 is 0 Å². The first-order chi connectivity index (χ1) is 7.86. The van der Waals surface area contributed by atoms with Gasteiger partial charge in [-0.25, -0.2) is 0 Å². The third-order valence-electron chi connectivity index (χ3n) is 2.95. The monoisotopic (exact) mass is 219 g/mol. The van der Waals surface area contributed by atoms with Crippen LogP contribution >= 0.6 is 0 Å². The summed E-state index contributed by atoms with van der Waals surface area (Å²) in [5.41, 5.74) is 2.03. The number of nitrogens with zero attached hydrogens (tertiary/aromatic N) is 1. The number of hydrogen-bond donors (Lipinski definition) is 0. The second-order valence-corrected chi connectivity index (χ2v) is 3.97. The summed E-state index contributed by atoms with van der Waals surface area (Å²) in [5, 5.41) is 0. The summed E-state index contributed by atoms with van der Waals surface area (Å²) in [6.45, 7) is 1.62.